The van der Waals surface area contributed by atoms with Crippen LogP contribution in [0.4, 0.5) is 0 Å². The molecule has 1 amide bonds. The molecular weight excluding hydrogens is 316 g/mol. The Balaban J connectivity index is 1.64. The van der Waals surface area contributed by atoms with Gasteiger partial charge in [0.15, 0.2) is 0 Å². The van der Waals surface area contributed by atoms with Crippen LogP contribution in [0.2, 0.25) is 0 Å². The van der Waals surface area contributed by atoms with E-state index in [1.54, 1.807) is 15.8 Å². The molecule has 1 aromatic heterocycles. The molecule has 1 atom stereocenters. The van der Waals surface area contributed by atoms with Crippen molar-refractivity contribution in [3.05, 3.63) is 48.3 Å². The first-order valence-electron chi connectivity index (χ1n) is 8.78. The third kappa shape index (κ3) is 3.79. The summed E-state index contributed by atoms with van der Waals surface area (Å²) < 4.78 is 1.61. The normalized spacial score (nSPS) is 16.6. The molecule has 6 nitrogen and oxygen atoms in total. The Labute approximate surface area is 148 Å². The summed E-state index contributed by atoms with van der Waals surface area (Å²) in [6, 6.07) is 10.0. The molecule has 1 aliphatic heterocycles. The average molecular weight is 340 g/mol. The van der Waals surface area contributed by atoms with Gasteiger partial charge in [0.05, 0.1) is 17.4 Å². The highest BCUT2D eigenvalue weighted by Gasteiger charge is 2.28. The van der Waals surface area contributed by atoms with Crippen molar-refractivity contribution in [1.29, 1.82) is 0 Å². The number of aromatic nitrogens is 2. The lowest BCUT2D eigenvalue weighted by molar-refractivity contribution is -0.128. The van der Waals surface area contributed by atoms with Gasteiger partial charge in [-0.2, -0.15) is 5.10 Å². The molecule has 1 saturated heterocycles. The molecule has 0 radical (unpaired) electrons. The number of hydrogen-bond donors (Lipinski definition) is 0. The average Bonchev–Trinajstić information content (AvgIpc) is 3.17. The first kappa shape index (κ1) is 17.4. The fourth-order valence-electron chi connectivity index (χ4n) is 3.05. The molecule has 3 rings (SSSR count). The third-order valence-corrected chi connectivity index (χ3v) is 4.88. The van der Waals surface area contributed by atoms with Gasteiger partial charge >= 0.3 is 0 Å². The van der Waals surface area contributed by atoms with Gasteiger partial charge in [-0.3, -0.25) is 14.5 Å². The number of nitrogens with zero attached hydrogens (tertiary/aromatic N) is 4. The zero-order valence-corrected chi connectivity index (χ0v) is 14.8. The Hall–Kier alpha value is -2.47. The summed E-state index contributed by atoms with van der Waals surface area (Å²) in [4.78, 5) is 29.0. The van der Waals surface area contributed by atoms with E-state index in [2.05, 4.69) is 23.8 Å². The van der Waals surface area contributed by atoms with Crippen LogP contribution in [0.15, 0.2) is 42.7 Å². The van der Waals surface area contributed by atoms with Crippen molar-refractivity contribution in [2.75, 3.05) is 26.2 Å². The number of Topliss-reactive ketones (excluding diaryl/α,β-unsaturated/α-hetero) is 1. The number of benzene rings is 1. The Morgan fingerprint density at radius 2 is 1.80 bits per heavy atom. The van der Waals surface area contributed by atoms with Crippen LogP contribution in [0.1, 0.15) is 30.6 Å². The highest BCUT2D eigenvalue weighted by atomic mass is 16.2. The number of para-hydroxylation sites is 1. The molecule has 1 fully saturated rings. The number of piperazine rings is 1. The van der Waals surface area contributed by atoms with Crippen LogP contribution in [-0.2, 0) is 4.79 Å². The van der Waals surface area contributed by atoms with Crippen LogP contribution >= 0.6 is 0 Å². The fraction of sp³-hybridized carbons (Fsp3) is 0.421. The van der Waals surface area contributed by atoms with Crippen molar-refractivity contribution < 1.29 is 9.59 Å². The second-order valence-electron chi connectivity index (χ2n) is 6.42. The minimum atomic E-state index is -0.487. The number of ketones is 1. The lowest BCUT2D eigenvalue weighted by Gasteiger charge is -2.37. The Kier molecular flexibility index (Phi) is 5.28. The predicted octanol–water partition coefficient (Wildman–Crippen LogP) is 2.00. The van der Waals surface area contributed by atoms with E-state index >= 15 is 0 Å². The zero-order valence-electron chi connectivity index (χ0n) is 14.8. The summed E-state index contributed by atoms with van der Waals surface area (Å²) in [6.07, 6.45) is 4.17. The molecule has 0 aliphatic carbocycles. The van der Waals surface area contributed by atoms with Crippen LogP contribution in [-0.4, -0.2) is 63.5 Å². The molecule has 1 aliphatic rings. The summed E-state index contributed by atoms with van der Waals surface area (Å²) in [7, 11) is 0. The molecule has 2 aromatic rings. The zero-order chi connectivity index (χ0) is 17.8. The first-order chi connectivity index (χ1) is 12.1. The number of amides is 1. The lowest BCUT2D eigenvalue weighted by atomic mass is 10.1. The largest absolute Gasteiger partial charge is 0.333 e. The van der Waals surface area contributed by atoms with Gasteiger partial charge in [-0.05, 0) is 25.5 Å². The summed E-state index contributed by atoms with van der Waals surface area (Å²) in [5.74, 6) is -0.921. The Bertz CT molecular complexity index is 733. The standard InChI is InChI=1S/C19H24N4O2/c1-3-15(2)21-9-11-22(12-10-21)19(25)18(24)16-13-20-23(14-16)17-7-5-4-6-8-17/h4-8,13-15H,3,9-12H2,1-2H3/t15-/m0/s1. The van der Waals surface area contributed by atoms with Gasteiger partial charge in [0, 0.05) is 38.4 Å². The van der Waals surface area contributed by atoms with Gasteiger partial charge < -0.3 is 4.90 Å². The van der Waals surface area contributed by atoms with E-state index in [4.69, 9.17) is 0 Å². The highest BCUT2D eigenvalue weighted by molar-refractivity contribution is 6.42. The summed E-state index contributed by atoms with van der Waals surface area (Å²) in [5.41, 5.74) is 1.19. The van der Waals surface area contributed by atoms with Crippen LogP contribution in [0.5, 0.6) is 0 Å². The van der Waals surface area contributed by atoms with Crippen LogP contribution < -0.4 is 0 Å². The number of carbonyl (C=O) groups is 2. The van der Waals surface area contributed by atoms with Crippen molar-refractivity contribution in [2.45, 2.75) is 26.3 Å². The van der Waals surface area contributed by atoms with Crippen LogP contribution in [0.25, 0.3) is 5.69 Å². The number of carbonyl (C=O) groups excluding carboxylic acids is 2. The van der Waals surface area contributed by atoms with Crippen molar-refractivity contribution in [1.82, 2.24) is 19.6 Å². The van der Waals surface area contributed by atoms with E-state index in [0.717, 1.165) is 25.2 Å². The Morgan fingerprint density at radius 1 is 1.12 bits per heavy atom. The summed E-state index contributed by atoms with van der Waals surface area (Å²) in [5, 5.41) is 4.20. The molecule has 1 aromatic carbocycles. The molecule has 0 saturated carbocycles. The van der Waals surface area contributed by atoms with Crippen LogP contribution in [0, 0.1) is 0 Å². The SMILES string of the molecule is CC[C@H](C)N1CCN(C(=O)C(=O)c2cnn(-c3ccccc3)c2)CC1. The molecule has 0 spiro atoms. The van der Waals surface area contributed by atoms with Gasteiger partial charge in [0.25, 0.3) is 11.7 Å². The fourth-order valence-corrected chi connectivity index (χ4v) is 3.05. The van der Waals surface area contributed by atoms with E-state index in [9.17, 15) is 9.59 Å². The lowest BCUT2D eigenvalue weighted by Crippen LogP contribution is -2.52. The van der Waals surface area contributed by atoms with E-state index in [-0.39, 0.29) is 0 Å². The summed E-state index contributed by atoms with van der Waals surface area (Å²) in [6.45, 7) is 7.19. The number of rotatable bonds is 5. The highest BCUT2D eigenvalue weighted by Crippen LogP contribution is 2.12. The molecule has 0 bridgehead atoms. The first-order valence-corrected chi connectivity index (χ1v) is 8.78. The smallest absolute Gasteiger partial charge is 0.295 e. The van der Waals surface area contributed by atoms with E-state index in [0.29, 0.717) is 24.7 Å². The molecule has 6 heteroatoms. The molecular formula is C19H24N4O2. The summed E-state index contributed by atoms with van der Waals surface area (Å²) >= 11 is 0. The van der Waals surface area contributed by atoms with Gasteiger partial charge in [0.1, 0.15) is 0 Å². The van der Waals surface area contributed by atoms with Crippen LogP contribution in [0.3, 0.4) is 0 Å². The maximum absolute atomic E-state index is 12.5. The van der Waals surface area contributed by atoms with Gasteiger partial charge in [0.2, 0.25) is 0 Å². The third-order valence-electron chi connectivity index (χ3n) is 4.88. The quantitative estimate of drug-likeness (QED) is 0.617. The topological polar surface area (TPSA) is 58.4 Å². The number of hydrogen-bond acceptors (Lipinski definition) is 4. The molecule has 2 heterocycles. The second-order valence-corrected chi connectivity index (χ2v) is 6.42. The molecule has 0 N–H and O–H groups in total. The Morgan fingerprint density at radius 3 is 2.44 bits per heavy atom. The second kappa shape index (κ2) is 7.61. The van der Waals surface area contributed by atoms with E-state index < -0.39 is 11.7 Å². The maximum Gasteiger partial charge on any atom is 0.295 e. The van der Waals surface area contributed by atoms with Gasteiger partial charge in [-0.25, -0.2) is 4.68 Å². The molecule has 25 heavy (non-hydrogen) atoms. The minimum absolute atomic E-state index is 0.332. The van der Waals surface area contributed by atoms with Crippen molar-refractivity contribution in [3.63, 3.8) is 0 Å². The van der Waals surface area contributed by atoms with Gasteiger partial charge in [-0.1, -0.05) is 25.1 Å². The molecule has 0 unspecified atom stereocenters. The minimum Gasteiger partial charge on any atom is -0.333 e. The van der Waals surface area contributed by atoms with Crippen molar-refractivity contribution in [2.24, 2.45) is 0 Å². The monoisotopic (exact) mass is 340 g/mol. The molecule has 132 valence electrons. The van der Waals surface area contributed by atoms with E-state index in [1.165, 1.54) is 6.20 Å². The van der Waals surface area contributed by atoms with Crippen molar-refractivity contribution >= 4 is 11.7 Å². The predicted molar refractivity (Wildman–Crippen MR) is 95.8 cm³/mol. The van der Waals surface area contributed by atoms with E-state index in [1.807, 2.05) is 30.3 Å². The maximum atomic E-state index is 12.5. The van der Waals surface area contributed by atoms with Crippen molar-refractivity contribution in [3.8, 4) is 5.69 Å². The van der Waals surface area contributed by atoms with Gasteiger partial charge in [-0.15, -0.1) is 0 Å².